The number of benzene rings is 2. The monoisotopic (exact) mass is 421 g/mol. The number of anilines is 1. The Labute approximate surface area is 170 Å². The predicted molar refractivity (Wildman–Crippen MR) is 116 cm³/mol. The second-order valence-corrected chi connectivity index (χ2v) is 9.39. The molecule has 3 N–H and O–H groups in total. The van der Waals surface area contributed by atoms with Gasteiger partial charge in [-0.05, 0) is 41.8 Å². The van der Waals surface area contributed by atoms with Gasteiger partial charge in [-0.15, -0.1) is 11.3 Å². The fourth-order valence-corrected chi connectivity index (χ4v) is 5.37. The maximum absolute atomic E-state index is 12.5. The number of hydrogen-bond donors (Lipinski definition) is 3. The fraction of sp³-hybridized carbons (Fsp3) is 0. The number of pyridine rings is 1. The van der Waals surface area contributed by atoms with Crippen LogP contribution in [0.4, 0.5) is 5.69 Å². The molecule has 0 radical (unpaired) electrons. The van der Waals surface area contributed by atoms with E-state index in [9.17, 15) is 13.5 Å². The molecule has 29 heavy (non-hydrogen) atoms. The van der Waals surface area contributed by atoms with Gasteiger partial charge in [-0.25, -0.2) is 13.4 Å². The summed E-state index contributed by atoms with van der Waals surface area (Å²) in [5.74, 6) is -0.0129. The van der Waals surface area contributed by atoms with E-state index in [4.69, 9.17) is 0 Å². The molecule has 3 aromatic heterocycles. The number of sulfonamides is 1. The lowest BCUT2D eigenvalue weighted by molar-refractivity contribution is 0.460. The van der Waals surface area contributed by atoms with E-state index >= 15 is 0 Å². The molecule has 6 nitrogen and oxygen atoms in total. The first-order chi connectivity index (χ1) is 14.0. The highest BCUT2D eigenvalue weighted by Gasteiger charge is 2.18. The van der Waals surface area contributed by atoms with E-state index in [1.165, 1.54) is 0 Å². The van der Waals surface area contributed by atoms with Gasteiger partial charge in [0.2, 0.25) is 0 Å². The van der Waals surface area contributed by atoms with Crippen LogP contribution in [0.5, 0.6) is 5.88 Å². The van der Waals surface area contributed by atoms with Crippen molar-refractivity contribution >= 4 is 48.9 Å². The minimum Gasteiger partial charge on any atom is -0.494 e. The molecule has 8 heteroatoms. The molecule has 0 unspecified atom stereocenters. The standard InChI is InChI=1S/C21H15N3O3S2/c25-21-20(18-9-7-13-4-1-2-5-16(13)22-18)15-12-14(8-10-17(15)23-21)24-29(26,27)19-6-3-11-28-19/h1-12,23-25H. The van der Waals surface area contributed by atoms with Crippen LogP contribution < -0.4 is 4.72 Å². The Bertz CT molecular complexity index is 1460. The number of aromatic amines is 1. The van der Waals surface area contributed by atoms with E-state index in [1.807, 2.05) is 36.4 Å². The quantitative estimate of drug-likeness (QED) is 0.383. The number of nitrogens with one attached hydrogen (secondary N) is 2. The Morgan fingerprint density at radius 2 is 1.86 bits per heavy atom. The van der Waals surface area contributed by atoms with Gasteiger partial charge in [-0.3, -0.25) is 4.72 Å². The van der Waals surface area contributed by atoms with Gasteiger partial charge in [0.1, 0.15) is 4.21 Å². The van der Waals surface area contributed by atoms with Crippen LogP contribution in [0.15, 0.2) is 76.3 Å². The Balaban J connectivity index is 1.62. The van der Waals surface area contributed by atoms with Crippen molar-refractivity contribution in [3.8, 4) is 17.1 Å². The van der Waals surface area contributed by atoms with E-state index in [0.29, 0.717) is 27.8 Å². The molecule has 0 aliphatic heterocycles. The molecule has 144 valence electrons. The molecular weight excluding hydrogens is 406 g/mol. The number of nitrogens with zero attached hydrogens (tertiary/aromatic N) is 1. The zero-order valence-corrected chi connectivity index (χ0v) is 16.6. The van der Waals surface area contributed by atoms with Gasteiger partial charge in [-0.1, -0.05) is 30.3 Å². The summed E-state index contributed by atoms with van der Waals surface area (Å²) in [6, 6.07) is 19.8. The third-order valence-corrected chi connectivity index (χ3v) is 7.42. The fourth-order valence-electron chi connectivity index (χ4n) is 3.33. The summed E-state index contributed by atoms with van der Waals surface area (Å²) in [6.45, 7) is 0. The van der Waals surface area contributed by atoms with Crippen LogP contribution in [0.2, 0.25) is 0 Å². The normalized spacial score (nSPS) is 11.9. The van der Waals surface area contributed by atoms with Crippen molar-refractivity contribution in [2.75, 3.05) is 4.72 Å². The van der Waals surface area contributed by atoms with Gasteiger partial charge < -0.3 is 10.1 Å². The number of thiophene rings is 1. The summed E-state index contributed by atoms with van der Waals surface area (Å²) in [6.07, 6.45) is 0. The molecule has 5 rings (SSSR count). The number of aromatic nitrogens is 2. The first-order valence-electron chi connectivity index (χ1n) is 8.78. The lowest BCUT2D eigenvalue weighted by Gasteiger charge is -2.07. The summed E-state index contributed by atoms with van der Waals surface area (Å²) >= 11 is 1.15. The number of aromatic hydroxyl groups is 1. The van der Waals surface area contributed by atoms with Crippen LogP contribution in [0.3, 0.4) is 0 Å². The van der Waals surface area contributed by atoms with Crippen molar-refractivity contribution in [1.82, 2.24) is 9.97 Å². The van der Waals surface area contributed by atoms with Crippen LogP contribution in [0.25, 0.3) is 33.1 Å². The number of fused-ring (bicyclic) bond motifs is 2. The lowest BCUT2D eigenvalue weighted by atomic mass is 10.1. The maximum Gasteiger partial charge on any atom is 0.271 e. The Kier molecular flexibility index (Phi) is 4.04. The van der Waals surface area contributed by atoms with Gasteiger partial charge in [0, 0.05) is 22.0 Å². The topological polar surface area (TPSA) is 95.1 Å². The van der Waals surface area contributed by atoms with Gasteiger partial charge in [-0.2, -0.15) is 0 Å². The van der Waals surface area contributed by atoms with Crippen molar-refractivity contribution < 1.29 is 13.5 Å². The average Bonchev–Trinajstić information content (AvgIpc) is 3.35. The Morgan fingerprint density at radius 1 is 1.00 bits per heavy atom. The van der Waals surface area contributed by atoms with Crippen molar-refractivity contribution in [3.63, 3.8) is 0 Å². The highest BCUT2D eigenvalue weighted by atomic mass is 32.2. The van der Waals surface area contributed by atoms with Crippen molar-refractivity contribution in [3.05, 3.63) is 72.1 Å². The predicted octanol–water partition coefficient (Wildman–Crippen LogP) is 4.95. The molecule has 0 aliphatic rings. The zero-order chi connectivity index (χ0) is 20.0. The molecular formula is C21H15N3O3S2. The third kappa shape index (κ3) is 3.12. The molecule has 0 amide bonds. The summed E-state index contributed by atoms with van der Waals surface area (Å²) in [5, 5.41) is 13.9. The van der Waals surface area contributed by atoms with Crippen LogP contribution in [0.1, 0.15) is 0 Å². The van der Waals surface area contributed by atoms with Gasteiger partial charge in [0.25, 0.3) is 10.0 Å². The smallest absolute Gasteiger partial charge is 0.271 e. The van der Waals surface area contributed by atoms with Gasteiger partial charge in [0.05, 0.1) is 16.8 Å². The molecule has 2 aromatic carbocycles. The number of H-pyrrole nitrogens is 1. The van der Waals surface area contributed by atoms with E-state index in [2.05, 4.69) is 14.7 Å². The van der Waals surface area contributed by atoms with E-state index in [-0.39, 0.29) is 10.1 Å². The van der Waals surface area contributed by atoms with E-state index < -0.39 is 10.0 Å². The summed E-state index contributed by atoms with van der Waals surface area (Å²) < 4.78 is 27.9. The van der Waals surface area contributed by atoms with Gasteiger partial charge >= 0.3 is 0 Å². The van der Waals surface area contributed by atoms with Crippen LogP contribution in [-0.2, 0) is 10.0 Å². The second kappa shape index (κ2) is 6.61. The summed E-state index contributed by atoms with van der Waals surface area (Å²) in [4.78, 5) is 7.59. The van der Waals surface area contributed by atoms with Crippen molar-refractivity contribution in [1.29, 1.82) is 0 Å². The molecule has 5 aromatic rings. The third-order valence-electron chi connectivity index (χ3n) is 4.65. The van der Waals surface area contributed by atoms with E-state index in [1.54, 1.807) is 35.7 Å². The minimum absolute atomic E-state index is 0.0129. The molecule has 0 fully saturated rings. The molecule has 0 saturated carbocycles. The largest absolute Gasteiger partial charge is 0.494 e. The van der Waals surface area contributed by atoms with Crippen LogP contribution in [-0.4, -0.2) is 23.5 Å². The van der Waals surface area contributed by atoms with Crippen LogP contribution >= 0.6 is 11.3 Å². The SMILES string of the molecule is O=S(=O)(Nc1ccc2[nH]c(O)c(-c3ccc4ccccc4n3)c2c1)c1cccs1. The Hall–Kier alpha value is -3.36. The Morgan fingerprint density at radius 3 is 2.69 bits per heavy atom. The van der Waals surface area contributed by atoms with Crippen molar-refractivity contribution in [2.24, 2.45) is 0 Å². The zero-order valence-electron chi connectivity index (χ0n) is 15.0. The molecule has 0 saturated heterocycles. The van der Waals surface area contributed by atoms with E-state index in [0.717, 1.165) is 22.2 Å². The summed E-state index contributed by atoms with van der Waals surface area (Å²) in [5.41, 5.74) is 3.04. The van der Waals surface area contributed by atoms with Gasteiger partial charge in [0.15, 0.2) is 5.88 Å². The number of rotatable bonds is 4. The number of para-hydroxylation sites is 1. The first kappa shape index (κ1) is 17.7. The molecule has 0 bridgehead atoms. The van der Waals surface area contributed by atoms with Crippen LogP contribution in [0, 0.1) is 0 Å². The summed E-state index contributed by atoms with van der Waals surface area (Å²) in [7, 11) is -3.66. The maximum atomic E-state index is 12.5. The highest BCUT2D eigenvalue weighted by molar-refractivity contribution is 7.94. The molecule has 0 atom stereocenters. The highest BCUT2D eigenvalue weighted by Crippen LogP contribution is 2.37. The number of hydrogen-bond acceptors (Lipinski definition) is 5. The molecule has 0 aliphatic carbocycles. The average molecular weight is 422 g/mol. The minimum atomic E-state index is -3.66. The lowest BCUT2D eigenvalue weighted by Crippen LogP contribution is -2.11. The molecule has 3 heterocycles. The first-order valence-corrected chi connectivity index (χ1v) is 11.1. The second-order valence-electron chi connectivity index (χ2n) is 6.54. The van der Waals surface area contributed by atoms with Crippen molar-refractivity contribution in [2.45, 2.75) is 4.21 Å². The molecule has 0 spiro atoms.